The van der Waals surface area contributed by atoms with Crippen LogP contribution in [0.15, 0.2) is 78.9 Å². The van der Waals surface area contributed by atoms with Gasteiger partial charge in [-0.05, 0) is 71.8 Å². The molecular formula is C35H35F3N4O7. The normalized spacial score (nSPS) is 16.3. The lowest BCUT2D eigenvalue weighted by Gasteiger charge is -2.26. The monoisotopic (exact) mass is 680 g/mol. The van der Waals surface area contributed by atoms with E-state index in [9.17, 15) is 27.6 Å². The molecule has 0 radical (unpaired) electrons. The van der Waals surface area contributed by atoms with Crippen molar-refractivity contribution in [1.82, 2.24) is 5.32 Å². The van der Waals surface area contributed by atoms with Crippen molar-refractivity contribution in [2.24, 2.45) is 0 Å². The second kappa shape index (κ2) is 15.9. The number of carboxylic acids is 1. The number of ether oxygens (including phenoxy) is 2. The number of carbonyl (C=O) groups is 4. The summed E-state index contributed by atoms with van der Waals surface area (Å²) in [5.41, 5.74) is 11.4. The van der Waals surface area contributed by atoms with E-state index in [2.05, 4.69) is 16.0 Å². The van der Waals surface area contributed by atoms with Gasteiger partial charge in [0.2, 0.25) is 5.91 Å². The number of hydrogen-bond donors (Lipinski definition) is 5. The zero-order chi connectivity index (χ0) is 35.7. The van der Waals surface area contributed by atoms with Gasteiger partial charge in [0.25, 0.3) is 0 Å². The van der Waals surface area contributed by atoms with Crippen molar-refractivity contribution in [2.45, 2.75) is 44.9 Å². The minimum absolute atomic E-state index is 0.0899. The van der Waals surface area contributed by atoms with E-state index in [1.807, 2.05) is 61.5 Å². The Kier molecular flexibility index (Phi) is 11.7. The first-order chi connectivity index (χ1) is 23.2. The number of anilines is 3. The average molecular weight is 681 g/mol. The molecule has 0 saturated heterocycles. The lowest BCUT2D eigenvalue weighted by atomic mass is 9.96. The molecule has 6 N–H and O–H groups in total. The molecule has 0 fully saturated rings. The van der Waals surface area contributed by atoms with Gasteiger partial charge in [0.1, 0.15) is 6.04 Å². The number of nitrogens with one attached hydrogen (secondary N) is 3. The lowest BCUT2D eigenvalue weighted by molar-refractivity contribution is -0.192. The van der Waals surface area contributed by atoms with Crippen LogP contribution in [0.2, 0.25) is 0 Å². The van der Waals surface area contributed by atoms with Gasteiger partial charge >= 0.3 is 24.2 Å². The molecule has 0 aliphatic carbocycles. The molecule has 0 spiro atoms. The van der Waals surface area contributed by atoms with Gasteiger partial charge in [0.05, 0.1) is 25.7 Å². The van der Waals surface area contributed by atoms with Gasteiger partial charge in [-0.15, -0.1) is 0 Å². The fraction of sp³-hybridized carbons (Fsp3) is 0.257. The smallest absolute Gasteiger partial charge is 0.475 e. The summed E-state index contributed by atoms with van der Waals surface area (Å²) in [6.07, 6.45) is -5.23. The Morgan fingerprint density at radius 1 is 1.02 bits per heavy atom. The Morgan fingerprint density at radius 3 is 2.45 bits per heavy atom. The van der Waals surface area contributed by atoms with Crippen molar-refractivity contribution < 1.29 is 46.9 Å². The van der Waals surface area contributed by atoms with Crippen LogP contribution in [0.3, 0.4) is 0 Å². The third-order valence-electron chi connectivity index (χ3n) is 7.56. The number of esters is 1. The second-order valence-corrected chi connectivity index (χ2v) is 11.1. The number of aliphatic carboxylic acids is 1. The van der Waals surface area contributed by atoms with Crippen LogP contribution in [0.1, 0.15) is 47.7 Å². The Labute approximate surface area is 279 Å². The molecule has 2 aliphatic rings. The summed E-state index contributed by atoms with van der Waals surface area (Å²) < 4.78 is 42.4. The maximum absolute atomic E-state index is 14.1. The highest BCUT2D eigenvalue weighted by molar-refractivity contribution is 5.95. The zero-order valence-electron chi connectivity index (χ0n) is 26.6. The van der Waals surface area contributed by atoms with Crippen LogP contribution in [-0.2, 0) is 30.3 Å². The van der Waals surface area contributed by atoms with Crippen LogP contribution < -0.4 is 21.7 Å². The number of halogens is 3. The molecule has 2 amide bonds. The SMILES string of the molecule is CCOC(=O)C[C@@H]1NC(=O)C(Nc2ccc3c(N)cccc3c2)c2ccc(c(C)c2)CCOC(=O)Nc2cccc1c2.O=C(O)C(F)(F)F. The lowest BCUT2D eigenvalue weighted by Crippen LogP contribution is -2.37. The number of alkyl halides is 3. The summed E-state index contributed by atoms with van der Waals surface area (Å²) in [7, 11) is 0. The van der Waals surface area contributed by atoms with Gasteiger partial charge in [-0.2, -0.15) is 13.2 Å². The number of carbonyl (C=O) groups excluding carboxylic acids is 3. The van der Waals surface area contributed by atoms with Crippen LogP contribution in [0.25, 0.3) is 10.8 Å². The molecule has 0 saturated carbocycles. The largest absolute Gasteiger partial charge is 0.490 e. The van der Waals surface area contributed by atoms with Gasteiger partial charge in [-0.3, -0.25) is 14.9 Å². The first-order valence-corrected chi connectivity index (χ1v) is 15.2. The molecule has 4 aromatic carbocycles. The standard InChI is InChI=1S/C33H34N4O5.C2HF3O2/c1-3-41-30(38)19-29-23-7-4-8-25(18-23)36-33(40)42-15-14-21-10-11-24(16-20(21)2)31(32(39)37-29)35-26-12-13-27-22(17-26)6-5-9-28(27)34;3-2(4,5)1(6)7/h4-13,16-18,29,31,35H,3,14-15,19,34H2,1-2H3,(H,36,40)(H,37,39);(H,6,7)/t29-,31?;/m0./s1. The highest BCUT2D eigenvalue weighted by atomic mass is 19.4. The van der Waals surface area contributed by atoms with Gasteiger partial charge < -0.3 is 30.9 Å². The highest BCUT2D eigenvalue weighted by Crippen LogP contribution is 2.29. The molecule has 1 unspecified atom stereocenters. The summed E-state index contributed by atoms with van der Waals surface area (Å²) >= 11 is 0. The van der Waals surface area contributed by atoms with E-state index in [1.54, 1.807) is 31.2 Å². The zero-order valence-corrected chi connectivity index (χ0v) is 26.6. The first-order valence-electron chi connectivity index (χ1n) is 15.2. The Hall–Kier alpha value is -5.79. The van der Waals surface area contributed by atoms with E-state index in [-0.39, 0.29) is 25.5 Å². The van der Waals surface area contributed by atoms with Crippen LogP contribution in [-0.4, -0.2) is 48.4 Å². The molecule has 11 nitrogen and oxygen atoms in total. The molecule has 2 aliphatic heterocycles. The molecule has 49 heavy (non-hydrogen) atoms. The van der Waals surface area contributed by atoms with Crippen molar-refractivity contribution in [1.29, 1.82) is 0 Å². The van der Waals surface area contributed by atoms with Crippen molar-refractivity contribution >= 4 is 51.8 Å². The maximum Gasteiger partial charge on any atom is 0.490 e. The number of carboxylic acid groups (broad SMARTS) is 1. The number of hydrogen-bond acceptors (Lipinski definition) is 8. The molecule has 6 rings (SSSR count). The predicted octanol–water partition coefficient (Wildman–Crippen LogP) is 6.43. The van der Waals surface area contributed by atoms with Crippen LogP contribution in [0.5, 0.6) is 0 Å². The number of rotatable bonds is 5. The average Bonchev–Trinajstić information content (AvgIpc) is 3.04. The molecular weight excluding hydrogens is 645 g/mol. The fourth-order valence-corrected chi connectivity index (χ4v) is 5.18. The highest BCUT2D eigenvalue weighted by Gasteiger charge is 2.38. The molecule has 2 atom stereocenters. The Morgan fingerprint density at radius 2 is 1.76 bits per heavy atom. The van der Waals surface area contributed by atoms with Crippen LogP contribution in [0, 0.1) is 6.92 Å². The molecule has 258 valence electrons. The van der Waals surface area contributed by atoms with Crippen molar-refractivity contribution in [3.05, 3.63) is 101 Å². The van der Waals surface area contributed by atoms with Gasteiger partial charge in [0.15, 0.2) is 0 Å². The van der Waals surface area contributed by atoms with E-state index >= 15 is 0 Å². The minimum Gasteiger partial charge on any atom is -0.475 e. The molecule has 4 bridgehead atoms. The summed E-state index contributed by atoms with van der Waals surface area (Å²) in [5, 5.41) is 18.2. The summed E-state index contributed by atoms with van der Waals surface area (Å²) in [6, 6.07) is 22.8. The van der Waals surface area contributed by atoms with E-state index in [1.165, 1.54) is 0 Å². The fourth-order valence-electron chi connectivity index (χ4n) is 5.18. The number of benzene rings is 4. The van der Waals surface area contributed by atoms with Crippen molar-refractivity contribution in [2.75, 3.05) is 29.6 Å². The van der Waals surface area contributed by atoms with Crippen molar-refractivity contribution in [3.63, 3.8) is 0 Å². The van der Waals surface area contributed by atoms with E-state index in [4.69, 9.17) is 25.1 Å². The maximum atomic E-state index is 14.1. The molecule has 14 heteroatoms. The van der Waals surface area contributed by atoms with Crippen molar-refractivity contribution in [3.8, 4) is 0 Å². The Balaban J connectivity index is 0.000000698. The van der Waals surface area contributed by atoms with Crippen LogP contribution >= 0.6 is 0 Å². The summed E-state index contributed by atoms with van der Waals surface area (Å²) in [6.45, 7) is 4.10. The molecule has 4 aromatic rings. The van der Waals surface area contributed by atoms with E-state index in [0.29, 0.717) is 23.4 Å². The van der Waals surface area contributed by atoms with Gasteiger partial charge in [-0.1, -0.05) is 48.5 Å². The Bertz CT molecular complexity index is 1850. The third-order valence-corrected chi connectivity index (χ3v) is 7.56. The second-order valence-electron chi connectivity index (χ2n) is 11.1. The van der Waals surface area contributed by atoms with E-state index in [0.717, 1.165) is 33.2 Å². The van der Waals surface area contributed by atoms with E-state index < -0.39 is 36.3 Å². The topological polar surface area (TPSA) is 169 Å². The molecule has 0 aromatic heterocycles. The van der Waals surface area contributed by atoms with Gasteiger partial charge in [-0.25, -0.2) is 9.59 Å². The minimum atomic E-state index is -5.08. The number of aryl methyl sites for hydroxylation is 1. The molecule has 2 heterocycles. The number of amides is 2. The first kappa shape index (κ1) is 36.1. The third kappa shape index (κ3) is 9.86. The number of nitrogen functional groups attached to an aromatic ring is 1. The summed E-state index contributed by atoms with van der Waals surface area (Å²) in [4.78, 5) is 48.0. The quantitative estimate of drug-likeness (QED) is 0.118. The van der Waals surface area contributed by atoms with Crippen LogP contribution in [0.4, 0.5) is 35.0 Å². The van der Waals surface area contributed by atoms with Gasteiger partial charge in [0, 0.05) is 28.9 Å². The summed E-state index contributed by atoms with van der Waals surface area (Å²) in [5.74, 6) is -3.53. The predicted molar refractivity (Wildman–Crippen MR) is 177 cm³/mol. The number of fused-ring (bicyclic) bond motifs is 10. The number of nitrogens with two attached hydrogens (primary N) is 1.